The summed E-state index contributed by atoms with van der Waals surface area (Å²) in [4.78, 5) is 31.8. The summed E-state index contributed by atoms with van der Waals surface area (Å²) in [5.41, 5.74) is 3.39. The first-order valence-corrected chi connectivity index (χ1v) is 10.7. The average molecular weight is 395 g/mol. The van der Waals surface area contributed by atoms with Crippen molar-refractivity contribution in [1.82, 2.24) is 19.8 Å². The minimum atomic E-state index is 0.00420. The van der Waals surface area contributed by atoms with Gasteiger partial charge in [-0.1, -0.05) is 19.1 Å². The van der Waals surface area contributed by atoms with E-state index in [4.69, 9.17) is 0 Å². The van der Waals surface area contributed by atoms with E-state index in [1.165, 1.54) is 5.56 Å². The molecule has 4 heterocycles. The molecule has 1 saturated heterocycles. The van der Waals surface area contributed by atoms with Crippen LogP contribution in [0.1, 0.15) is 55.1 Å². The van der Waals surface area contributed by atoms with Crippen molar-refractivity contribution in [3.05, 3.63) is 63.8 Å². The Kier molecular flexibility index (Phi) is 5.81. The van der Waals surface area contributed by atoms with Gasteiger partial charge in [0.15, 0.2) is 0 Å². The largest absolute Gasteiger partial charge is 0.354 e. The Bertz CT molecular complexity index is 921. The molecule has 2 aliphatic heterocycles. The molecular weight excluding hydrogens is 364 g/mol. The van der Waals surface area contributed by atoms with Crippen molar-refractivity contribution in [3.63, 3.8) is 0 Å². The summed E-state index contributed by atoms with van der Waals surface area (Å²) in [7, 11) is 0. The molecule has 0 radical (unpaired) electrons. The molecule has 2 aromatic heterocycles. The lowest BCUT2D eigenvalue weighted by Gasteiger charge is -2.47. The smallest absolute Gasteiger partial charge is 0.251 e. The third-order valence-electron chi connectivity index (χ3n) is 6.22. The van der Waals surface area contributed by atoms with Crippen molar-refractivity contribution >= 4 is 5.91 Å². The second-order valence-corrected chi connectivity index (χ2v) is 8.49. The molecule has 0 unspecified atom stereocenters. The van der Waals surface area contributed by atoms with Crippen LogP contribution in [0, 0.1) is 12.8 Å². The van der Waals surface area contributed by atoms with Crippen molar-refractivity contribution in [3.8, 4) is 0 Å². The van der Waals surface area contributed by atoms with E-state index in [0.29, 0.717) is 24.8 Å². The van der Waals surface area contributed by atoms with Crippen LogP contribution in [0.4, 0.5) is 0 Å². The Balaban J connectivity index is 1.57. The number of rotatable bonds is 6. The monoisotopic (exact) mass is 394 g/mol. The van der Waals surface area contributed by atoms with E-state index in [9.17, 15) is 9.59 Å². The van der Waals surface area contributed by atoms with Gasteiger partial charge in [-0.15, -0.1) is 0 Å². The molecule has 1 N–H and O–H groups in total. The Morgan fingerprint density at radius 2 is 2.10 bits per heavy atom. The second-order valence-electron chi connectivity index (χ2n) is 8.49. The van der Waals surface area contributed by atoms with Crippen LogP contribution in [0.5, 0.6) is 0 Å². The van der Waals surface area contributed by atoms with Gasteiger partial charge in [-0.05, 0) is 43.4 Å². The van der Waals surface area contributed by atoms with Crippen molar-refractivity contribution in [2.45, 2.75) is 51.6 Å². The van der Waals surface area contributed by atoms with E-state index < -0.39 is 0 Å². The molecule has 4 rings (SSSR count). The number of nitrogens with one attached hydrogen (secondary N) is 1. The van der Waals surface area contributed by atoms with Gasteiger partial charge >= 0.3 is 0 Å². The Labute approximate surface area is 172 Å². The van der Waals surface area contributed by atoms with Gasteiger partial charge in [-0.3, -0.25) is 19.5 Å². The fourth-order valence-corrected chi connectivity index (χ4v) is 4.88. The molecule has 1 fully saturated rings. The number of carbonyl (C=O) groups excluding carboxylic acids is 1. The lowest BCUT2D eigenvalue weighted by atomic mass is 9.78. The molecule has 2 aromatic rings. The molecule has 3 atom stereocenters. The van der Waals surface area contributed by atoms with Gasteiger partial charge < -0.3 is 9.88 Å². The molecule has 2 bridgehead atoms. The van der Waals surface area contributed by atoms with Gasteiger partial charge in [0, 0.05) is 56.5 Å². The van der Waals surface area contributed by atoms with Crippen LogP contribution >= 0.6 is 0 Å². The summed E-state index contributed by atoms with van der Waals surface area (Å²) in [6.45, 7) is 7.24. The summed E-state index contributed by atoms with van der Waals surface area (Å²) < 4.78 is 1.95. The van der Waals surface area contributed by atoms with Gasteiger partial charge in [0.25, 0.3) is 5.56 Å². The first kappa shape index (κ1) is 19.8. The third kappa shape index (κ3) is 4.27. The van der Waals surface area contributed by atoms with E-state index >= 15 is 0 Å². The number of aromatic nitrogens is 2. The Morgan fingerprint density at radius 3 is 2.86 bits per heavy atom. The van der Waals surface area contributed by atoms with Gasteiger partial charge in [0.05, 0.1) is 11.7 Å². The van der Waals surface area contributed by atoms with Crippen molar-refractivity contribution < 1.29 is 4.79 Å². The van der Waals surface area contributed by atoms with Crippen LogP contribution in [-0.4, -0.2) is 40.0 Å². The fraction of sp³-hybridized carbons (Fsp3) is 0.522. The van der Waals surface area contributed by atoms with E-state index in [1.54, 1.807) is 6.07 Å². The number of amides is 1. The summed E-state index contributed by atoms with van der Waals surface area (Å²) in [5, 5.41) is 3.07. The van der Waals surface area contributed by atoms with Crippen molar-refractivity contribution in [2.75, 3.05) is 19.6 Å². The number of likely N-dealkylation sites (tertiary alicyclic amines) is 1. The summed E-state index contributed by atoms with van der Waals surface area (Å²) in [6.07, 6.45) is 4.34. The molecular formula is C23H30N4O2. The SMILES string of the molecule is CCCC(=O)NC[C@H]1[C@H]2C[C@H](CN(Cc3ccc(C)cn3)C2)c2cccc(=O)n21. The zero-order valence-electron chi connectivity index (χ0n) is 17.3. The quantitative estimate of drug-likeness (QED) is 0.818. The normalized spacial score (nSPS) is 23.4. The number of aryl methyl sites for hydroxylation is 1. The van der Waals surface area contributed by atoms with Crippen LogP contribution in [0.2, 0.25) is 0 Å². The minimum Gasteiger partial charge on any atom is -0.354 e. The predicted octanol–water partition coefficient (Wildman–Crippen LogP) is 2.63. The maximum absolute atomic E-state index is 12.7. The number of hydrogen-bond acceptors (Lipinski definition) is 4. The standard InChI is InChI=1S/C23H30N4O2/c1-3-5-22(28)25-12-21-18-10-17(20-6-4-7-23(29)27(20)21)13-26(14-18)15-19-9-8-16(2)11-24-19/h4,6-9,11,17-18,21H,3,5,10,12-15H2,1-2H3,(H,25,28)/t17-,18+,21+/m1/s1. The van der Waals surface area contributed by atoms with Crippen molar-refractivity contribution in [1.29, 1.82) is 0 Å². The first-order chi connectivity index (χ1) is 14.0. The van der Waals surface area contributed by atoms with Gasteiger partial charge in [0.1, 0.15) is 0 Å². The number of piperidine rings is 1. The van der Waals surface area contributed by atoms with Crippen LogP contribution in [0.3, 0.4) is 0 Å². The zero-order valence-corrected chi connectivity index (χ0v) is 17.3. The summed E-state index contributed by atoms with van der Waals surface area (Å²) in [6, 6.07) is 9.79. The minimum absolute atomic E-state index is 0.00420. The zero-order chi connectivity index (χ0) is 20.4. The number of hydrogen-bond donors (Lipinski definition) is 1. The lowest BCUT2D eigenvalue weighted by molar-refractivity contribution is -0.121. The fourth-order valence-electron chi connectivity index (χ4n) is 4.88. The number of nitrogens with zero attached hydrogens (tertiary/aromatic N) is 3. The van der Waals surface area contributed by atoms with Crippen LogP contribution in [0.15, 0.2) is 41.3 Å². The Morgan fingerprint density at radius 1 is 1.24 bits per heavy atom. The second kappa shape index (κ2) is 8.49. The van der Waals surface area contributed by atoms with Crippen LogP contribution in [0.25, 0.3) is 0 Å². The molecule has 2 aliphatic rings. The van der Waals surface area contributed by atoms with Crippen LogP contribution < -0.4 is 10.9 Å². The van der Waals surface area contributed by atoms with E-state index in [0.717, 1.165) is 43.9 Å². The number of carbonyl (C=O) groups is 1. The van der Waals surface area contributed by atoms with Crippen molar-refractivity contribution in [2.24, 2.45) is 5.92 Å². The first-order valence-electron chi connectivity index (χ1n) is 10.7. The average Bonchev–Trinajstić information content (AvgIpc) is 2.70. The predicted molar refractivity (Wildman–Crippen MR) is 113 cm³/mol. The summed E-state index contributed by atoms with van der Waals surface area (Å²) in [5.74, 6) is 0.751. The van der Waals surface area contributed by atoms with Gasteiger partial charge in [0.2, 0.25) is 5.91 Å². The van der Waals surface area contributed by atoms with Gasteiger partial charge in [-0.2, -0.15) is 0 Å². The highest BCUT2D eigenvalue weighted by atomic mass is 16.1. The molecule has 0 aromatic carbocycles. The molecule has 29 heavy (non-hydrogen) atoms. The molecule has 6 nitrogen and oxygen atoms in total. The highest BCUT2D eigenvalue weighted by Gasteiger charge is 2.40. The van der Waals surface area contributed by atoms with E-state index in [-0.39, 0.29) is 17.5 Å². The topological polar surface area (TPSA) is 67.2 Å². The van der Waals surface area contributed by atoms with Crippen LogP contribution in [-0.2, 0) is 11.3 Å². The molecule has 0 saturated carbocycles. The number of pyridine rings is 2. The molecule has 0 spiro atoms. The Hall–Kier alpha value is -2.47. The third-order valence-corrected chi connectivity index (χ3v) is 6.22. The maximum Gasteiger partial charge on any atom is 0.251 e. The molecule has 0 aliphatic carbocycles. The number of fused-ring (bicyclic) bond motifs is 4. The highest BCUT2D eigenvalue weighted by molar-refractivity contribution is 5.75. The van der Waals surface area contributed by atoms with E-state index in [2.05, 4.69) is 33.4 Å². The molecule has 154 valence electrons. The molecule has 6 heteroatoms. The summed E-state index contributed by atoms with van der Waals surface area (Å²) >= 11 is 0. The lowest BCUT2D eigenvalue weighted by Crippen LogP contribution is -2.51. The van der Waals surface area contributed by atoms with E-state index in [1.807, 2.05) is 30.7 Å². The van der Waals surface area contributed by atoms with Gasteiger partial charge in [-0.25, -0.2) is 0 Å². The maximum atomic E-state index is 12.7. The highest BCUT2D eigenvalue weighted by Crippen LogP contribution is 2.41. The molecule has 1 amide bonds.